The second-order valence-electron chi connectivity index (χ2n) is 19.9. The van der Waals surface area contributed by atoms with Crippen LogP contribution in [0.1, 0.15) is 256 Å². The molecule has 0 unspecified atom stereocenters. The zero-order valence-electron chi connectivity index (χ0n) is 44.5. The number of unbranched alkanes of at least 4 members (excludes halogenated alkanes) is 32. The number of aromatic hydroxyl groups is 2. The van der Waals surface area contributed by atoms with Crippen molar-refractivity contribution in [3.63, 3.8) is 0 Å². The molecule has 0 saturated carbocycles. The third kappa shape index (κ3) is 34.2. The molecule has 0 atom stereocenters. The molecule has 0 saturated heterocycles. The highest BCUT2D eigenvalue weighted by atomic mass is 127. The molecular formula is C60H103IN4O5. The quantitative estimate of drug-likeness (QED) is 0.0173. The van der Waals surface area contributed by atoms with E-state index < -0.39 is 5.97 Å². The van der Waals surface area contributed by atoms with Crippen LogP contribution < -0.4 is 11.1 Å². The molecule has 0 fully saturated rings. The van der Waals surface area contributed by atoms with Crippen molar-refractivity contribution in [3.8, 4) is 11.5 Å². The number of fused-ring (bicyclic) bond motifs is 2. The van der Waals surface area contributed by atoms with Crippen LogP contribution in [-0.4, -0.2) is 50.3 Å². The van der Waals surface area contributed by atoms with Gasteiger partial charge in [0.2, 0.25) is 5.91 Å². The van der Waals surface area contributed by atoms with Gasteiger partial charge >= 0.3 is 5.97 Å². The SMILES string of the molecule is CCCCCCCCCCCCCCCCCCCC(=O)NCCc1c[nH]c2ccc(O)cc12.CCCCCCCCCCCCCCCCCCCC(=O)O.I.NCCc1c[nH]c2ccc(O)cc12. The van der Waals surface area contributed by atoms with Crippen LogP contribution in [0.15, 0.2) is 48.8 Å². The second kappa shape index (κ2) is 45.6. The Morgan fingerprint density at radius 1 is 0.471 bits per heavy atom. The summed E-state index contributed by atoms with van der Waals surface area (Å²) in [7, 11) is 0. The second-order valence-corrected chi connectivity index (χ2v) is 19.9. The molecule has 2 aromatic carbocycles. The van der Waals surface area contributed by atoms with E-state index in [-0.39, 0.29) is 35.6 Å². The predicted molar refractivity (Wildman–Crippen MR) is 310 cm³/mol. The first-order valence-electron chi connectivity index (χ1n) is 28.6. The van der Waals surface area contributed by atoms with Crippen LogP contribution in [0, 0.1) is 0 Å². The minimum atomic E-state index is -0.652. The maximum atomic E-state index is 12.1. The molecule has 0 aliphatic heterocycles. The van der Waals surface area contributed by atoms with Gasteiger partial charge in [0.15, 0.2) is 0 Å². The Morgan fingerprint density at radius 3 is 1.11 bits per heavy atom. The van der Waals surface area contributed by atoms with E-state index >= 15 is 0 Å². The van der Waals surface area contributed by atoms with Crippen molar-refractivity contribution in [3.05, 3.63) is 59.9 Å². The van der Waals surface area contributed by atoms with Crippen molar-refractivity contribution in [2.75, 3.05) is 13.1 Å². The number of rotatable bonds is 41. The fourth-order valence-electron chi connectivity index (χ4n) is 9.34. The summed E-state index contributed by atoms with van der Waals surface area (Å²) in [6, 6.07) is 10.6. The first-order chi connectivity index (χ1) is 33.8. The normalized spacial score (nSPS) is 11.0. The Morgan fingerprint density at radius 2 is 0.786 bits per heavy atom. The van der Waals surface area contributed by atoms with Crippen LogP contribution >= 0.6 is 24.0 Å². The lowest BCUT2D eigenvalue weighted by Crippen LogP contribution is -2.25. The Kier molecular flexibility index (Phi) is 42.2. The summed E-state index contributed by atoms with van der Waals surface area (Å²) in [5.74, 6) is 0.0752. The van der Waals surface area contributed by atoms with Crippen LogP contribution in [-0.2, 0) is 22.4 Å². The molecule has 4 rings (SSSR count). The van der Waals surface area contributed by atoms with Crippen LogP contribution in [0.2, 0.25) is 0 Å². The standard InChI is InChI=1S/C30H50N2O2.C20H40O2.C10H12N2O.HI/c1-2-3-4-5-6-7-8-9-10-11-12-13-14-15-16-17-18-19-30(34)31-23-22-26-25-32-29-21-20-27(33)24-28(26)29;1-2-3-4-5-6-7-8-9-10-11-12-13-14-15-16-17-18-19-20(21)22;11-4-3-7-6-12-10-2-1-8(13)5-9(7)10;/h20-21,24-25,32-33H,2-19,22-23H2,1H3,(H,31,34);2-19H2,1H3,(H,21,22);1-2,5-6,12-13H,3-4,11H2;1H. The van der Waals surface area contributed by atoms with Crippen molar-refractivity contribution in [1.82, 2.24) is 15.3 Å². The summed E-state index contributed by atoms with van der Waals surface area (Å²) >= 11 is 0. The number of carbonyl (C=O) groups excluding carboxylic acids is 1. The van der Waals surface area contributed by atoms with Crippen LogP contribution in [0.4, 0.5) is 0 Å². The van der Waals surface area contributed by atoms with E-state index in [1.807, 2.05) is 24.5 Å². The molecule has 2 aromatic heterocycles. The van der Waals surface area contributed by atoms with Crippen LogP contribution in [0.25, 0.3) is 21.8 Å². The number of benzene rings is 2. The molecule has 1 amide bonds. The number of aromatic nitrogens is 2. The fourth-order valence-corrected chi connectivity index (χ4v) is 9.34. The average Bonchev–Trinajstić information content (AvgIpc) is 3.94. The molecule has 0 aliphatic rings. The number of phenols is 2. The van der Waals surface area contributed by atoms with Gasteiger partial charge in [0.1, 0.15) is 11.5 Å². The minimum absolute atomic E-state index is 0. The predicted octanol–water partition coefficient (Wildman–Crippen LogP) is 17.7. The number of H-pyrrole nitrogens is 2. The molecule has 400 valence electrons. The van der Waals surface area contributed by atoms with E-state index in [0.717, 1.165) is 71.5 Å². The van der Waals surface area contributed by atoms with Gasteiger partial charge in [-0.3, -0.25) is 9.59 Å². The highest BCUT2D eigenvalue weighted by Gasteiger charge is 2.07. The number of phenolic OH excluding ortho intramolecular Hbond substituents is 2. The van der Waals surface area contributed by atoms with Crippen molar-refractivity contribution in [1.29, 1.82) is 0 Å². The number of amides is 1. The van der Waals surface area contributed by atoms with Crippen LogP contribution in [0.5, 0.6) is 11.5 Å². The van der Waals surface area contributed by atoms with Gasteiger partial charge in [0.25, 0.3) is 0 Å². The largest absolute Gasteiger partial charge is 0.508 e. The molecule has 0 aliphatic carbocycles. The molecule has 10 heteroatoms. The molecule has 0 spiro atoms. The van der Waals surface area contributed by atoms with Gasteiger partial charge in [-0.1, -0.05) is 219 Å². The number of nitrogens with two attached hydrogens (primary N) is 1. The van der Waals surface area contributed by atoms with E-state index in [2.05, 4.69) is 29.1 Å². The summed E-state index contributed by atoms with van der Waals surface area (Å²) < 4.78 is 0. The summed E-state index contributed by atoms with van der Waals surface area (Å²) in [6.07, 6.45) is 52.4. The number of aliphatic carboxylic acids is 1. The monoisotopic (exact) mass is 1090 g/mol. The number of carboxylic acids is 1. The van der Waals surface area contributed by atoms with Gasteiger partial charge in [-0.05, 0) is 79.8 Å². The number of hydrogen-bond donors (Lipinski definition) is 7. The Hall–Kier alpha value is -3.25. The van der Waals surface area contributed by atoms with E-state index in [9.17, 15) is 19.8 Å². The number of nitrogens with one attached hydrogen (secondary N) is 3. The maximum absolute atomic E-state index is 12.1. The summed E-state index contributed by atoms with van der Waals surface area (Å²) in [5.41, 5.74) is 9.82. The third-order valence-electron chi connectivity index (χ3n) is 13.6. The van der Waals surface area contributed by atoms with Gasteiger partial charge in [-0.2, -0.15) is 0 Å². The average molecular weight is 1090 g/mol. The summed E-state index contributed by atoms with van der Waals surface area (Å²) in [6.45, 7) is 5.83. The fraction of sp³-hybridized carbons (Fsp3) is 0.700. The Labute approximate surface area is 443 Å². The highest BCUT2D eigenvalue weighted by molar-refractivity contribution is 14.0. The highest BCUT2D eigenvalue weighted by Crippen LogP contribution is 2.24. The lowest BCUT2D eigenvalue weighted by atomic mass is 10.0. The molecule has 2 heterocycles. The summed E-state index contributed by atoms with van der Waals surface area (Å²) in [5, 5.41) is 32.6. The van der Waals surface area contributed by atoms with Crippen molar-refractivity contribution >= 4 is 57.7 Å². The van der Waals surface area contributed by atoms with Gasteiger partial charge in [0.05, 0.1) is 0 Å². The number of halogens is 1. The Bertz CT molecular complexity index is 1820. The van der Waals surface area contributed by atoms with Crippen LogP contribution in [0.3, 0.4) is 0 Å². The van der Waals surface area contributed by atoms with E-state index in [1.54, 1.807) is 24.3 Å². The topological polar surface area (TPSA) is 164 Å². The molecular weight excluding hydrogens is 984 g/mol. The first-order valence-corrected chi connectivity index (χ1v) is 28.6. The number of carbonyl (C=O) groups is 2. The lowest BCUT2D eigenvalue weighted by Gasteiger charge is -2.06. The zero-order chi connectivity index (χ0) is 49.8. The smallest absolute Gasteiger partial charge is 0.303 e. The van der Waals surface area contributed by atoms with Gasteiger partial charge < -0.3 is 36.3 Å². The minimum Gasteiger partial charge on any atom is -0.508 e. The third-order valence-corrected chi connectivity index (χ3v) is 13.6. The molecule has 8 N–H and O–H groups in total. The maximum Gasteiger partial charge on any atom is 0.303 e. The van der Waals surface area contributed by atoms with Crippen molar-refractivity contribution in [2.24, 2.45) is 5.73 Å². The molecule has 70 heavy (non-hydrogen) atoms. The van der Waals surface area contributed by atoms with E-state index in [0.29, 0.717) is 31.7 Å². The molecule has 4 aromatic rings. The number of carboxylic acid groups (broad SMARTS) is 1. The van der Waals surface area contributed by atoms with Gasteiger partial charge in [-0.25, -0.2) is 0 Å². The van der Waals surface area contributed by atoms with Crippen molar-refractivity contribution in [2.45, 2.75) is 258 Å². The van der Waals surface area contributed by atoms with E-state index in [1.165, 1.54) is 193 Å². The van der Waals surface area contributed by atoms with Gasteiger partial charge in [-0.15, -0.1) is 24.0 Å². The Balaban J connectivity index is 0.000000579. The molecule has 0 bridgehead atoms. The number of hydrogen-bond acceptors (Lipinski definition) is 5. The zero-order valence-corrected chi connectivity index (χ0v) is 46.9. The first kappa shape index (κ1) is 64.8. The molecule has 9 nitrogen and oxygen atoms in total. The van der Waals surface area contributed by atoms with Gasteiger partial charge in [0, 0.05) is 53.6 Å². The van der Waals surface area contributed by atoms with Crippen molar-refractivity contribution < 1.29 is 24.9 Å². The number of aromatic amines is 2. The molecule has 0 radical (unpaired) electrons. The summed E-state index contributed by atoms with van der Waals surface area (Å²) in [4.78, 5) is 28.8. The van der Waals surface area contributed by atoms with E-state index in [4.69, 9.17) is 10.8 Å². The lowest BCUT2D eigenvalue weighted by molar-refractivity contribution is -0.137.